The van der Waals surface area contributed by atoms with Crippen molar-refractivity contribution in [2.75, 3.05) is 29.6 Å². The number of rotatable bonds is 11. The van der Waals surface area contributed by atoms with Crippen molar-refractivity contribution in [1.82, 2.24) is 19.4 Å². The molecule has 2 heterocycles. The first-order chi connectivity index (χ1) is 30.7. The molecule has 2 amide bonds. The van der Waals surface area contributed by atoms with Gasteiger partial charge in [-0.25, -0.2) is 36.2 Å². The van der Waals surface area contributed by atoms with Gasteiger partial charge in [-0.05, 0) is 85.6 Å². The van der Waals surface area contributed by atoms with E-state index in [1.807, 2.05) is 109 Å². The summed E-state index contributed by atoms with van der Waals surface area (Å²) >= 11 is 0. The normalized spacial score (nSPS) is 11.7. The molecule has 6 aromatic rings. The van der Waals surface area contributed by atoms with Crippen LogP contribution in [0, 0.1) is 24.0 Å². The average molecular weight is 935 g/mol. The summed E-state index contributed by atoms with van der Waals surface area (Å²) in [4.78, 5) is 49.1. The van der Waals surface area contributed by atoms with Crippen LogP contribution in [0.15, 0.2) is 131 Å². The highest BCUT2D eigenvalue weighted by Crippen LogP contribution is 2.33. The van der Waals surface area contributed by atoms with Gasteiger partial charge in [0.15, 0.2) is 0 Å². The van der Waals surface area contributed by atoms with Crippen molar-refractivity contribution in [3.63, 3.8) is 0 Å². The van der Waals surface area contributed by atoms with E-state index in [2.05, 4.69) is 4.72 Å². The summed E-state index contributed by atoms with van der Waals surface area (Å²) in [5, 5.41) is 11.0. The fourth-order valence-electron chi connectivity index (χ4n) is 6.62. The topological polar surface area (TPSA) is 228 Å². The number of hydrogen-bond acceptors (Lipinski definition) is 13. The number of nitrogen functional groups attached to an aromatic ring is 1. The molecule has 2 aromatic heterocycles. The van der Waals surface area contributed by atoms with Crippen LogP contribution in [-0.4, -0.2) is 57.6 Å². The van der Waals surface area contributed by atoms with Crippen LogP contribution in [0.1, 0.15) is 84.8 Å². The Labute approximate surface area is 386 Å². The highest BCUT2D eigenvalue weighted by Gasteiger charge is 2.29. The van der Waals surface area contributed by atoms with E-state index in [9.17, 15) is 36.5 Å². The van der Waals surface area contributed by atoms with Crippen LogP contribution in [0.2, 0.25) is 0 Å². The van der Waals surface area contributed by atoms with Crippen LogP contribution in [0.25, 0.3) is 0 Å². The molecule has 0 saturated carbocycles. The van der Waals surface area contributed by atoms with E-state index in [0.717, 1.165) is 40.0 Å². The summed E-state index contributed by atoms with van der Waals surface area (Å²) in [5.41, 5.74) is 10.3. The zero-order valence-corrected chi connectivity index (χ0v) is 40.1. The molecule has 0 bridgehead atoms. The van der Waals surface area contributed by atoms with Gasteiger partial charge in [-0.1, -0.05) is 90.1 Å². The number of pyridine rings is 2. The lowest BCUT2D eigenvalue weighted by atomic mass is 9.91. The Morgan fingerprint density at radius 1 is 0.591 bits per heavy atom. The molecule has 0 radical (unpaired) electrons. The number of sulfonamides is 2. The molecule has 4 N–H and O–H groups in total. The maximum absolute atomic E-state index is 13.2. The van der Waals surface area contributed by atoms with Crippen molar-refractivity contribution in [2.45, 2.75) is 76.0 Å². The van der Waals surface area contributed by atoms with Crippen LogP contribution in [0.4, 0.5) is 34.4 Å². The van der Waals surface area contributed by atoms with E-state index in [4.69, 9.17) is 15.7 Å². The predicted molar refractivity (Wildman–Crippen MR) is 258 cm³/mol. The zero-order chi connectivity index (χ0) is 48.9. The number of nitro benzene ring substituents is 1. The smallest absolute Gasteiger partial charge is 0.270 e. The minimum absolute atomic E-state index is 0.0489. The van der Waals surface area contributed by atoms with Crippen molar-refractivity contribution in [3.8, 4) is 0 Å². The van der Waals surface area contributed by atoms with Crippen LogP contribution in [0.3, 0.4) is 0 Å². The van der Waals surface area contributed by atoms with Gasteiger partial charge in [0.2, 0.25) is 0 Å². The van der Waals surface area contributed by atoms with E-state index < -0.39 is 42.5 Å². The quantitative estimate of drug-likeness (QED) is 0.0629. The molecule has 0 saturated heterocycles. The number of aryl methyl sites for hydroxylation is 2. The minimum atomic E-state index is -4.37. The number of amides is 2. The largest absolute Gasteiger partial charge is 0.399 e. The van der Waals surface area contributed by atoms with Gasteiger partial charge < -0.3 is 15.5 Å². The summed E-state index contributed by atoms with van der Waals surface area (Å²) in [7, 11) is -4.92. The number of anilines is 5. The van der Waals surface area contributed by atoms with Gasteiger partial charge in [0.25, 0.3) is 37.5 Å². The van der Waals surface area contributed by atoms with E-state index in [1.54, 1.807) is 48.2 Å². The summed E-state index contributed by atoms with van der Waals surface area (Å²) in [5.74, 6) is -1.01. The molecule has 0 spiro atoms. The molecule has 4 aromatic carbocycles. The minimum Gasteiger partial charge on any atom is -0.399 e. The summed E-state index contributed by atoms with van der Waals surface area (Å²) in [6.45, 7) is 15.9. The third kappa shape index (κ3) is 11.7. The van der Waals surface area contributed by atoms with Crippen molar-refractivity contribution < 1.29 is 31.3 Å². The summed E-state index contributed by atoms with van der Waals surface area (Å²) in [6.07, 6.45) is 0. The number of benzene rings is 4. The highest BCUT2D eigenvalue weighted by atomic mass is 32.2. The van der Waals surface area contributed by atoms with Crippen molar-refractivity contribution in [1.29, 1.82) is 0 Å². The molecule has 0 aliphatic heterocycles. The number of aromatic nitrogens is 2. The molecule has 346 valence electrons. The summed E-state index contributed by atoms with van der Waals surface area (Å²) < 4.78 is 55.4. The van der Waals surface area contributed by atoms with Gasteiger partial charge in [0.1, 0.15) is 11.6 Å². The Hall–Kier alpha value is -7.18. The number of nitrogens with zero attached hydrogens (tertiary/aromatic N) is 5. The standard InChI is InChI=1S/C24H26N4O5S.C24H28N4O3S/c1-16-9-6-7-12-20(16)27(5)22-19(13-14-21(25-22)24(2,3)4)23(29)26-34(32,33)18-11-8-10-17(15-18)28(30)31;1-16-9-6-7-12-20(16)28(5)22-19(13-14-21(26-22)24(2,3)4)23(29)27-32(30,31)18-11-8-10-17(25)15-18/h6-15H,1-5H3,(H,26,29);6-15H,25H2,1-5H3,(H,27,29). The lowest BCUT2D eigenvalue weighted by Crippen LogP contribution is -2.32. The molecule has 18 heteroatoms. The Balaban J connectivity index is 0.000000248. The Morgan fingerprint density at radius 3 is 1.36 bits per heavy atom. The molecule has 66 heavy (non-hydrogen) atoms. The second-order valence-corrected chi connectivity index (χ2v) is 20.9. The molecular weight excluding hydrogens is 881 g/mol. The molecule has 0 aliphatic rings. The van der Waals surface area contributed by atoms with Crippen LogP contribution < -0.4 is 25.0 Å². The first kappa shape index (κ1) is 49.8. The third-order valence-electron chi connectivity index (χ3n) is 10.3. The first-order valence-electron chi connectivity index (χ1n) is 20.6. The highest BCUT2D eigenvalue weighted by molar-refractivity contribution is 7.90. The van der Waals surface area contributed by atoms with E-state index >= 15 is 0 Å². The Bertz CT molecular complexity index is 3040. The maximum atomic E-state index is 13.2. The predicted octanol–water partition coefficient (Wildman–Crippen LogP) is 8.64. The van der Waals surface area contributed by atoms with Gasteiger partial charge in [-0.2, -0.15) is 0 Å². The monoisotopic (exact) mass is 934 g/mol. The fraction of sp³-hybridized carbons (Fsp3) is 0.250. The van der Waals surface area contributed by atoms with Gasteiger partial charge in [-0.3, -0.25) is 19.7 Å². The van der Waals surface area contributed by atoms with Gasteiger partial charge in [0.05, 0.1) is 25.8 Å². The third-order valence-corrected chi connectivity index (χ3v) is 13.0. The van der Waals surface area contributed by atoms with Crippen molar-refractivity contribution in [3.05, 3.63) is 165 Å². The average Bonchev–Trinajstić information content (AvgIpc) is 3.25. The molecule has 0 aliphatic carbocycles. The molecule has 16 nitrogen and oxygen atoms in total. The number of nitrogens with two attached hydrogens (primary N) is 1. The van der Waals surface area contributed by atoms with E-state index in [-0.39, 0.29) is 43.3 Å². The number of carbonyl (C=O) groups is 2. The number of nitro groups is 1. The van der Waals surface area contributed by atoms with Gasteiger partial charge in [0, 0.05) is 65.5 Å². The fourth-order valence-corrected chi connectivity index (χ4v) is 8.65. The molecule has 0 atom stereocenters. The molecular formula is C48H54N8O8S2. The number of carbonyl (C=O) groups excluding carboxylic acids is 2. The molecule has 6 rings (SSSR count). The van der Waals surface area contributed by atoms with Crippen LogP contribution in [0.5, 0.6) is 0 Å². The number of hydrogen-bond donors (Lipinski definition) is 3. The van der Waals surface area contributed by atoms with E-state index in [0.29, 0.717) is 5.82 Å². The second-order valence-electron chi connectivity index (χ2n) is 17.5. The van der Waals surface area contributed by atoms with E-state index in [1.165, 1.54) is 42.5 Å². The number of non-ortho nitro benzene ring substituents is 1. The van der Waals surface area contributed by atoms with Gasteiger partial charge in [-0.15, -0.1) is 0 Å². The maximum Gasteiger partial charge on any atom is 0.270 e. The molecule has 0 unspecified atom stereocenters. The zero-order valence-electron chi connectivity index (χ0n) is 38.4. The lowest BCUT2D eigenvalue weighted by Gasteiger charge is -2.26. The number of nitrogens with one attached hydrogen (secondary N) is 2. The van der Waals surface area contributed by atoms with Gasteiger partial charge >= 0.3 is 0 Å². The Morgan fingerprint density at radius 2 is 0.985 bits per heavy atom. The van der Waals surface area contributed by atoms with Crippen LogP contribution in [-0.2, 0) is 30.9 Å². The Kier molecular flexibility index (Phi) is 14.7. The second kappa shape index (κ2) is 19.5. The molecule has 0 fully saturated rings. The summed E-state index contributed by atoms with van der Waals surface area (Å²) in [6, 6.07) is 32.1. The first-order valence-corrected chi connectivity index (χ1v) is 23.5. The van der Waals surface area contributed by atoms with Crippen molar-refractivity contribution in [2.24, 2.45) is 0 Å². The number of para-hydroxylation sites is 2. The van der Waals surface area contributed by atoms with Crippen molar-refractivity contribution >= 4 is 66.2 Å². The SMILES string of the molecule is Cc1ccccc1N(C)c1nc(C(C)(C)C)ccc1C(=O)NS(=O)(=O)c1cccc(N)c1.Cc1ccccc1N(C)c1nc(C(C)(C)C)ccc1C(=O)NS(=O)(=O)c1cccc([N+](=O)[O-])c1. The lowest BCUT2D eigenvalue weighted by molar-refractivity contribution is -0.385. The van der Waals surface area contributed by atoms with Crippen LogP contribution >= 0.6 is 0 Å².